The highest BCUT2D eigenvalue weighted by molar-refractivity contribution is 6.42. The molecule has 0 aliphatic rings. The van der Waals surface area contributed by atoms with Crippen molar-refractivity contribution in [2.24, 2.45) is 5.92 Å². The first-order chi connectivity index (χ1) is 9.38. The van der Waals surface area contributed by atoms with Crippen LogP contribution >= 0.6 is 23.2 Å². The standard InChI is InChI=1S/C14H17Cl2NO3/c1-9(6-14(19)20)8-17-13(18)5-3-10-2-4-11(15)12(16)7-10/h2,4,7,9H,3,5-6,8H2,1H3,(H,17,18)(H,19,20). The highest BCUT2D eigenvalue weighted by Gasteiger charge is 2.09. The van der Waals surface area contributed by atoms with Crippen LogP contribution in [0, 0.1) is 5.92 Å². The Morgan fingerprint density at radius 1 is 1.30 bits per heavy atom. The Balaban J connectivity index is 2.32. The van der Waals surface area contributed by atoms with Gasteiger partial charge in [0.25, 0.3) is 0 Å². The molecule has 0 fully saturated rings. The summed E-state index contributed by atoms with van der Waals surface area (Å²) < 4.78 is 0. The molecular weight excluding hydrogens is 301 g/mol. The van der Waals surface area contributed by atoms with E-state index in [1.54, 1.807) is 19.1 Å². The summed E-state index contributed by atoms with van der Waals surface area (Å²) in [5.74, 6) is -1.04. The molecule has 1 aromatic carbocycles. The number of nitrogens with one attached hydrogen (secondary N) is 1. The molecule has 0 bridgehead atoms. The second-order valence-electron chi connectivity index (χ2n) is 4.76. The fraction of sp³-hybridized carbons (Fsp3) is 0.429. The second kappa shape index (κ2) is 8.12. The summed E-state index contributed by atoms with van der Waals surface area (Å²) >= 11 is 11.7. The molecule has 20 heavy (non-hydrogen) atoms. The highest BCUT2D eigenvalue weighted by Crippen LogP contribution is 2.23. The van der Waals surface area contributed by atoms with Crippen molar-refractivity contribution in [1.29, 1.82) is 0 Å². The van der Waals surface area contributed by atoms with Crippen LogP contribution in [0.1, 0.15) is 25.3 Å². The third-order valence-electron chi connectivity index (χ3n) is 2.80. The predicted molar refractivity (Wildman–Crippen MR) is 79.2 cm³/mol. The van der Waals surface area contributed by atoms with Crippen molar-refractivity contribution in [2.45, 2.75) is 26.2 Å². The van der Waals surface area contributed by atoms with E-state index in [0.717, 1.165) is 5.56 Å². The van der Waals surface area contributed by atoms with Crippen molar-refractivity contribution in [3.8, 4) is 0 Å². The van der Waals surface area contributed by atoms with Gasteiger partial charge in [0.05, 0.1) is 10.0 Å². The largest absolute Gasteiger partial charge is 0.481 e. The van der Waals surface area contributed by atoms with E-state index >= 15 is 0 Å². The average Bonchev–Trinajstić information content (AvgIpc) is 2.37. The highest BCUT2D eigenvalue weighted by atomic mass is 35.5. The molecule has 0 radical (unpaired) electrons. The lowest BCUT2D eigenvalue weighted by atomic mass is 10.1. The monoisotopic (exact) mass is 317 g/mol. The van der Waals surface area contributed by atoms with Gasteiger partial charge >= 0.3 is 5.97 Å². The molecule has 2 N–H and O–H groups in total. The van der Waals surface area contributed by atoms with Gasteiger partial charge in [-0.15, -0.1) is 0 Å². The molecule has 110 valence electrons. The number of carboxylic acid groups (broad SMARTS) is 1. The van der Waals surface area contributed by atoms with Gasteiger partial charge in [0.2, 0.25) is 5.91 Å². The summed E-state index contributed by atoms with van der Waals surface area (Å²) in [5, 5.41) is 12.3. The molecular formula is C14H17Cl2NO3. The maximum absolute atomic E-state index is 11.6. The molecule has 1 rings (SSSR count). The van der Waals surface area contributed by atoms with E-state index in [1.807, 2.05) is 6.07 Å². The first-order valence-electron chi connectivity index (χ1n) is 6.31. The van der Waals surface area contributed by atoms with Gasteiger partial charge in [0, 0.05) is 19.4 Å². The topological polar surface area (TPSA) is 66.4 Å². The van der Waals surface area contributed by atoms with Crippen molar-refractivity contribution in [3.05, 3.63) is 33.8 Å². The van der Waals surface area contributed by atoms with Crippen molar-refractivity contribution in [2.75, 3.05) is 6.54 Å². The van der Waals surface area contributed by atoms with E-state index in [1.165, 1.54) is 0 Å². The Hall–Kier alpha value is -1.26. The van der Waals surface area contributed by atoms with E-state index in [0.29, 0.717) is 29.4 Å². The average molecular weight is 318 g/mol. The molecule has 1 atom stereocenters. The Morgan fingerprint density at radius 2 is 2.00 bits per heavy atom. The zero-order valence-electron chi connectivity index (χ0n) is 11.2. The number of rotatable bonds is 7. The molecule has 0 saturated carbocycles. The number of carboxylic acids is 1. The van der Waals surface area contributed by atoms with Gasteiger partial charge in [0.15, 0.2) is 0 Å². The molecule has 4 nitrogen and oxygen atoms in total. The lowest BCUT2D eigenvalue weighted by Gasteiger charge is -2.10. The Morgan fingerprint density at radius 3 is 2.60 bits per heavy atom. The van der Waals surface area contributed by atoms with Crippen molar-refractivity contribution in [3.63, 3.8) is 0 Å². The van der Waals surface area contributed by atoms with Gasteiger partial charge in [-0.3, -0.25) is 9.59 Å². The summed E-state index contributed by atoms with van der Waals surface area (Å²) in [6, 6.07) is 5.27. The molecule has 0 saturated heterocycles. The maximum atomic E-state index is 11.6. The van der Waals surface area contributed by atoms with Gasteiger partial charge < -0.3 is 10.4 Å². The molecule has 0 aromatic heterocycles. The third kappa shape index (κ3) is 6.26. The molecule has 1 amide bonds. The Bertz CT molecular complexity index is 491. The third-order valence-corrected chi connectivity index (χ3v) is 3.53. The molecule has 1 aromatic rings. The zero-order chi connectivity index (χ0) is 15.1. The molecule has 0 aliphatic carbocycles. The van der Waals surface area contributed by atoms with E-state index in [4.69, 9.17) is 28.3 Å². The second-order valence-corrected chi connectivity index (χ2v) is 5.57. The number of carbonyl (C=O) groups is 2. The van der Waals surface area contributed by atoms with Gasteiger partial charge in [-0.1, -0.05) is 36.2 Å². The van der Waals surface area contributed by atoms with E-state index in [9.17, 15) is 9.59 Å². The molecule has 0 heterocycles. The minimum Gasteiger partial charge on any atom is -0.481 e. The molecule has 1 unspecified atom stereocenters. The van der Waals surface area contributed by atoms with Crippen LogP contribution < -0.4 is 5.32 Å². The normalized spacial score (nSPS) is 11.9. The minimum absolute atomic E-state index is 0.0487. The minimum atomic E-state index is -0.859. The predicted octanol–water partition coefficient (Wildman–Crippen LogP) is 3.15. The number of aryl methyl sites for hydroxylation is 1. The van der Waals surface area contributed by atoms with Crippen LogP contribution in [-0.2, 0) is 16.0 Å². The smallest absolute Gasteiger partial charge is 0.303 e. The summed E-state index contributed by atoms with van der Waals surface area (Å²) in [6.45, 7) is 2.15. The van der Waals surface area contributed by atoms with Crippen LogP contribution in [0.25, 0.3) is 0 Å². The van der Waals surface area contributed by atoms with E-state index in [2.05, 4.69) is 5.32 Å². The van der Waals surface area contributed by atoms with Crippen LogP contribution in [-0.4, -0.2) is 23.5 Å². The SMILES string of the molecule is CC(CNC(=O)CCc1ccc(Cl)c(Cl)c1)CC(=O)O. The summed E-state index contributed by atoms with van der Waals surface area (Å²) in [7, 11) is 0. The van der Waals surface area contributed by atoms with Crippen LogP contribution in [0.2, 0.25) is 10.0 Å². The number of benzene rings is 1. The fourth-order valence-corrected chi connectivity index (χ4v) is 2.02. The summed E-state index contributed by atoms with van der Waals surface area (Å²) in [5.41, 5.74) is 0.938. The van der Waals surface area contributed by atoms with Gasteiger partial charge in [-0.05, 0) is 30.0 Å². The first kappa shape index (κ1) is 16.8. The number of halogens is 2. The quantitative estimate of drug-likeness (QED) is 0.811. The lowest BCUT2D eigenvalue weighted by molar-refractivity contribution is -0.138. The summed E-state index contributed by atoms with van der Waals surface area (Å²) in [6.07, 6.45) is 0.945. The van der Waals surface area contributed by atoms with Crippen LogP contribution in [0.5, 0.6) is 0 Å². The van der Waals surface area contributed by atoms with Crippen LogP contribution in [0.4, 0.5) is 0 Å². The molecule has 0 aliphatic heterocycles. The van der Waals surface area contributed by atoms with Crippen LogP contribution in [0.3, 0.4) is 0 Å². The zero-order valence-corrected chi connectivity index (χ0v) is 12.7. The number of hydrogen-bond donors (Lipinski definition) is 2. The van der Waals surface area contributed by atoms with Gasteiger partial charge in [-0.2, -0.15) is 0 Å². The number of aliphatic carboxylic acids is 1. The maximum Gasteiger partial charge on any atom is 0.303 e. The molecule has 6 heteroatoms. The number of carbonyl (C=O) groups excluding carboxylic acids is 1. The van der Waals surface area contributed by atoms with Crippen molar-refractivity contribution >= 4 is 35.1 Å². The Labute approximate surface area is 128 Å². The van der Waals surface area contributed by atoms with E-state index < -0.39 is 5.97 Å². The summed E-state index contributed by atoms with van der Waals surface area (Å²) in [4.78, 5) is 22.1. The van der Waals surface area contributed by atoms with Crippen LogP contribution in [0.15, 0.2) is 18.2 Å². The number of amides is 1. The van der Waals surface area contributed by atoms with Crippen molar-refractivity contribution in [1.82, 2.24) is 5.32 Å². The first-order valence-corrected chi connectivity index (χ1v) is 7.06. The number of hydrogen-bond acceptors (Lipinski definition) is 2. The lowest BCUT2D eigenvalue weighted by Crippen LogP contribution is -2.29. The molecule has 0 spiro atoms. The van der Waals surface area contributed by atoms with Gasteiger partial charge in [0.1, 0.15) is 0 Å². The Kier molecular flexibility index (Phi) is 6.82. The van der Waals surface area contributed by atoms with Gasteiger partial charge in [-0.25, -0.2) is 0 Å². The van der Waals surface area contributed by atoms with Crippen molar-refractivity contribution < 1.29 is 14.7 Å². The fourth-order valence-electron chi connectivity index (χ4n) is 1.70. The van der Waals surface area contributed by atoms with E-state index in [-0.39, 0.29) is 18.2 Å².